The van der Waals surface area contributed by atoms with Crippen LogP contribution in [0.25, 0.3) is 0 Å². The van der Waals surface area contributed by atoms with Crippen molar-refractivity contribution in [1.29, 1.82) is 0 Å². The largest absolute Gasteiger partial charge is 0.395 e. The van der Waals surface area contributed by atoms with Gasteiger partial charge in [-0.25, -0.2) is 0 Å². The maximum Gasteiger partial charge on any atom is 0.229 e. The lowest BCUT2D eigenvalue weighted by Crippen LogP contribution is -2.19. The summed E-state index contributed by atoms with van der Waals surface area (Å²) >= 11 is 0. The Morgan fingerprint density at radius 3 is 2.29 bits per heavy atom. The third-order valence-electron chi connectivity index (χ3n) is 4.01. The Morgan fingerprint density at radius 2 is 1.58 bits per heavy atom. The number of anilines is 3. The monoisotopic (exact) mass is 328 g/mol. The molecule has 1 aliphatic rings. The van der Waals surface area contributed by atoms with E-state index in [0.29, 0.717) is 37.0 Å². The number of aromatic nitrogens is 3. The Labute approximate surface area is 142 Å². The quantitative estimate of drug-likeness (QED) is 0.590. The second-order valence-corrected chi connectivity index (χ2v) is 5.92. The highest BCUT2D eigenvalue weighted by Gasteiger charge is 2.16. The zero-order chi connectivity index (χ0) is 16.6. The van der Waals surface area contributed by atoms with E-state index in [1.54, 1.807) is 0 Å². The van der Waals surface area contributed by atoms with Gasteiger partial charge in [-0.05, 0) is 18.4 Å². The van der Waals surface area contributed by atoms with Crippen LogP contribution < -0.4 is 16.0 Å². The number of hydrogen-bond donors (Lipinski definition) is 4. The van der Waals surface area contributed by atoms with Crippen molar-refractivity contribution in [2.24, 2.45) is 0 Å². The first-order valence-electron chi connectivity index (χ1n) is 8.48. The average Bonchev–Trinajstić information content (AvgIpc) is 3.12. The summed E-state index contributed by atoms with van der Waals surface area (Å²) in [5.74, 6) is 1.57. The van der Waals surface area contributed by atoms with Crippen molar-refractivity contribution in [3.05, 3.63) is 35.9 Å². The van der Waals surface area contributed by atoms with Crippen molar-refractivity contribution in [2.45, 2.75) is 38.3 Å². The molecule has 0 radical (unpaired) electrons. The molecule has 0 atom stereocenters. The van der Waals surface area contributed by atoms with Crippen LogP contribution in [-0.4, -0.2) is 39.3 Å². The van der Waals surface area contributed by atoms with Crippen molar-refractivity contribution >= 4 is 17.8 Å². The third kappa shape index (κ3) is 4.79. The highest BCUT2D eigenvalue weighted by atomic mass is 16.3. The molecule has 7 nitrogen and oxygen atoms in total. The summed E-state index contributed by atoms with van der Waals surface area (Å²) in [6.45, 7) is 1.09. The van der Waals surface area contributed by atoms with E-state index in [4.69, 9.17) is 5.11 Å². The van der Waals surface area contributed by atoms with Crippen molar-refractivity contribution in [3.63, 3.8) is 0 Å². The first kappa shape index (κ1) is 16.4. The molecule has 0 bridgehead atoms. The van der Waals surface area contributed by atoms with Crippen LogP contribution in [0, 0.1) is 0 Å². The van der Waals surface area contributed by atoms with Gasteiger partial charge in [-0.1, -0.05) is 43.2 Å². The lowest BCUT2D eigenvalue weighted by Gasteiger charge is -2.14. The molecule has 3 rings (SSSR count). The Bertz CT molecular complexity index is 630. The normalized spacial score (nSPS) is 14.5. The summed E-state index contributed by atoms with van der Waals surface area (Å²) in [4.78, 5) is 13.2. The minimum atomic E-state index is 0.0316. The molecular formula is C17H24N6O. The standard InChI is InChI=1S/C17H24N6O/c24-11-10-18-15-21-16(19-12-13-6-2-1-3-7-13)23-17(22-15)20-14-8-4-5-9-14/h1-3,6-7,14,24H,4-5,8-12H2,(H3,18,19,20,21,22,23). The number of aliphatic hydroxyl groups excluding tert-OH is 1. The number of rotatable bonds is 8. The van der Waals surface area contributed by atoms with Gasteiger partial charge >= 0.3 is 0 Å². The maximum atomic E-state index is 8.98. The van der Waals surface area contributed by atoms with E-state index in [1.165, 1.54) is 12.8 Å². The van der Waals surface area contributed by atoms with Crippen LogP contribution in [0.3, 0.4) is 0 Å². The summed E-state index contributed by atoms with van der Waals surface area (Å²) in [6.07, 6.45) is 4.80. The Balaban J connectivity index is 1.70. The van der Waals surface area contributed by atoms with E-state index in [2.05, 4.69) is 43.0 Å². The van der Waals surface area contributed by atoms with Crippen molar-refractivity contribution in [3.8, 4) is 0 Å². The van der Waals surface area contributed by atoms with E-state index in [9.17, 15) is 0 Å². The molecule has 1 aromatic carbocycles. The predicted molar refractivity (Wildman–Crippen MR) is 95.0 cm³/mol. The fourth-order valence-corrected chi connectivity index (χ4v) is 2.80. The lowest BCUT2D eigenvalue weighted by molar-refractivity contribution is 0.311. The van der Waals surface area contributed by atoms with Crippen LogP contribution in [-0.2, 0) is 6.54 Å². The molecule has 0 aliphatic heterocycles. The van der Waals surface area contributed by atoms with Gasteiger partial charge in [0.1, 0.15) is 0 Å². The zero-order valence-electron chi connectivity index (χ0n) is 13.7. The first-order chi connectivity index (χ1) is 11.8. The predicted octanol–water partition coefficient (Wildman–Crippen LogP) is 2.24. The van der Waals surface area contributed by atoms with Gasteiger partial charge in [0.25, 0.3) is 0 Å². The summed E-state index contributed by atoms with van der Waals surface area (Å²) in [6, 6.07) is 10.5. The molecule has 1 heterocycles. The molecule has 1 aromatic heterocycles. The van der Waals surface area contributed by atoms with Gasteiger partial charge in [-0.3, -0.25) is 0 Å². The molecular weight excluding hydrogens is 304 g/mol. The van der Waals surface area contributed by atoms with Crippen LogP contribution in [0.4, 0.5) is 17.8 Å². The third-order valence-corrected chi connectivity index (χ3v) is 4.01. The minimum Gasteiger partial charge on any atom is -0.395 e. The van der Waals surface area contributed by atoms with Gasteiger partial charge in [0.15, 0.2) is 0 Å². The van der Waals surface area contributed by atoms with Crippen molar-refractivity contribution < 1.29 is 5.11 Å². The molecule has 7 heteroatoms. The number of nitrogens with zero attached hydrogens (tertiary/aromatic N) is 3. The van der Waals surface area contributed by atoms with E-state index in [0.717, 1.165) is 18.4 Å². The Kier molecular flexibility index (Phi) is 5.79. The molecule has 4 N–H and O–H groups in total. The maximum absolute atomic E-state index is 8.98. The van der Waals surface area contributed by atoms with Gasteiger partial charge in [-0.2, -0.15) is 15.0 Å². The van der Waals surface area contributed by atoms with Crippen molar-refractivity contribution in [2.75, 3.05) is 29.1 Å². The summed E-state index contributed by atoms with van der Waals surface area (Å²) in [5, 5.41) is 18.6. The van der Waals surface area contributed by atoms with Gasteiger partial charge in [0.05, 0.1) is 6.61 Å². The highest BCUT2D eigenvalue weighted by molar-refractivity contribution is 5.43. The summed E-state index contributed by atoms with van der Waals surface area (Å²) in [5.41, 5.74) is 1.16. The van der Waals surface area contributed by atoms with Gasteiger partial charge in [0.2, 0.25) is 17.8 Å². The number of hydrogen-bond acceptors (Lipinski definition) is 7. The molecule has 0 spiro atoms. The van der Waals surface area contributed by atoms with Crippen LogP contribution in [0.15, 0.2) is 30.3 Å². The SMILES string of the molecule is OCCNc1nc(NCc2ccccc2)nc(NC2CCCC2)n1. The second kappa shape index (κ2) is 8.44. The fraction of sp³-hybridized carbons (Fsp3) is 0.471. The lowest BCUT2D eigenvalue weighted by atomic mass is 10.2. The van der Waals surface area contributed by atoms with Crippen molar-refractivity contribution in [1.82, 2.24) is 15.0 Å². The van der Waals surface area contributed by atoms with Crippen LogP contribution in [0.5, 0.6) is 0 Å². The number of nitrogens with one attached hydrogen (secondary N) is 3. The molecule has 0 unspecified atom stereocenters. The fourth-order valence-electron chi connectivity index (χ4n) is 2.80. The molecule has 1 fully saturated rings. The number of benzene rings is 1. The molecule has 2 aromatic rings. The molecule has 0 amide bonds. The van der Waals surface area contributed by atoms with Gasteiger partial charge in [-0.15, -0.1) is 0 Å². The highest BCUT2D eigenvalue weighted by Crippen LogP contribution is 2.21. The second-order valence-electron chi connectivity index (χ2n) is 5.92. The van der Waals surface area contributed by atoms with Crippen LogP contribution in [0.1, 0.15) is 31.2 Å². The zero-order valence-corrected chi connectivity index (χ0v) is 13.7. The van der Waals surface area contributed by atoms with E-state index >= 15 is 0 Å². The minimum absolute atomic E-state index is 0.0316. The van der Waals surface area contributed by atoms with Crippen LogP contribution in [0.2, 0.25) is 0 Å². The Morgan fingerprint density at radius 1 is 0.917 bits per heavy atom. The van der Waals surface area contributed by atoms with Gasteiger partial charge < -0.3 is 21.1 Å². The smallest absolute Gasteiger partial charge is 0.229 e. The molecule has 1 aliphatic carbocycles. The van der Waals surface area contributed by atoms with E-state index < -0.39 is 0 Å². The molecule has 0 saturated heterocycles. The molecule has 24 heavy (non-hydrogen) atoms. The molecule has 128 valence electrons. The Hall–Kier alpha value is -2.41. The molecule has 1 saturated carbocycles. The first-order valence-corrected chi connectivity index (χ1v) is 8.48. The van der Waals surface area contributed by atoms with Crippen LogP contribution >= 0.6 is 0 Å². The van der Waals surface area contributed by atoms with Gasteiger partial charge in [0, 0.05) is 19.1 Å². The topological polar surface area (TPSA) is 95.0 Å². The average molecular weight is 328 g/mol. The van der Waals surface area contributed by atoms with E-state index in [1.807, 2.05) is 18.2 Å². The summed E-state index contributed by atoms with van der Waals surface area (Å²) < 4.78 is 0. The van der Waals surface area contributed by atoms with E-state index in [-0.39, 0.29) is 6.61 Å². The summed E-state index contributed by atoms with van der Waals surface area (Å²) in [7, 11) is 0. The number of aliphatic hydroxyl groups is 1.